The van der Waals surface area contributed by atoms with Gasteiger partial charge < -0.3 is 15.2 Å². The van der Waals surface area contributed by atoms with Crippen molar-refractivity contribution in [1.29, 1.82) is 0 Å². The van der Waals surface area contributed by atoms with Crippen molar-refractivity contribution in [2.45, 2.75) is 31.8 Å². The summed E-state index contributed by atoms with van der Waals surface area (Å²) in [6.45, 7) is 1.88. The van der Waals surface area contributed by atoms with Crippen LogP contribution in [0.2, 0.25) is 0 Å². The lowest BCUT2D eigenvalue weighted by atomic mass is 10.00. The van der Waals surface area contributed by atoms with Gasteiger partial charge in [0.25, 0.3) is 0 Å². The molecule has 0 bridgehead atoms. The normalized spacial score (nSPS) is 20.1. The number of thiazole rings is 1. The molecule has 1 saturated heterocycles. The molecule has 0 saturated carbocycles. The summed E-state index contributed by atoms with van der Waals surface area (Å²) >= 11 is 6.47. The molecular weight excluding hydrogens is 361 g/mol. The molecule has 8 heteroatoms. The average Bonchev–Trinajstić information content (AvgIpc) is 2.99. The van der Waals surface area contributed by atoms with Crippen LogP contribution in [0.15, 0.2) is 24.3 Å². The number of nitrogens with zero attached hydrogens (tertiary/aromatic N) is 1. The molecule has 2 heterocycles. The van der Waals surface area contributed by atoms with Gasteiger partial charge >= 0.3 is 0 Å². The van der Waals surface area contributed by atoms with E-state index in [0.717, 1.165) is 16.1 Å². The zero-order chi connectivity index (χ0) is 18.1. The number of rotatable bonds is 4. The molecule has 3 rings (SSSR count). The summed E-state index contributed by atoms with van der Waals surface area (Å²) in [5, 5.41) is 2.95. The first-order valence-electron chi connectivity index (χ1n) is 7.84. The van der Waals surface area contributed by atoms with E-state index in [4.69, 9.17) is 12.2 Å². The minimum Gasteiger partial charge on any atom is -0.350 e. The highest BCUT2D eigenvalue weighted by atomic mass is 32.1. The number of benzene rings is 1. The van der Waals surface area contributed by atoms with Gasteiger partial charge in [-0.2, -0.15) is 0 Å². The van der Waals surface area contributed by atoms with Crippen LogP contribution in [0, 0.1) is 16.7 Å². The molecule has 1 aromatic carbocycles. The Morgan fingerprint density at radius 2 is 2.12 bits per heavy atom. The number of aryl methyl sites for hydroxylation is 1. The molecule has 0 radical (unpaired) electrons. The Morgan fingerprint density at radius 3 is 2.72 bits per heavy atom. The van der Waals surface area contributed by atoms with Crippen molar-refractivity contribution in [3.63, 3.8) is 0 Å². The minimum absolute atomic E-state index is 0.0480. The Hall–Kier alpha value is -2.06. The van der Waals surface area contributed by atoms with Gasteiger partial charge in [-0.15, -0.1) is 11.3 Å². The summed E-state index contributed by atoms with van der Waals surface area (Å²) in [4.78, 5) is 30.1. The van der Waals surface area contributed by atoms with Crippen LogP contribution in [0.1, 0.15) is 28.6 Å². The predicted molar refractivity (Wildman–Crippen MR) is 96.4 cm³/mol. The first-order valence-corrected chi connectivity index (χ1v) is 9.06. The van der Waals surface area contributed by atoms with Crippen molar-refractivity contribution < 1.29 is 14.0 Å². The summed E-state index contributed by atoms with van der Waals surface area (Å²) in [6, 6.07) is 5.37. The van der Waals surface area contributed by atoms with E-state index < -0.39 is 0 Å². The zero-order valence-corrected chi connectivity index (χ0v) is 15.5. The third-order valence-corrected chi connectivity index (χ3v) is 5.73. The van der Waals surface area contributed by atoms with Gasteiger partial charge in [-0.3, -0.25) is 9.59 Å². The molecule has 1 aliphatic heterocycles. The fourth-order valence-electron chi connectivity index (χ4n) is 3.12. The lowest BCUT2D eigenvalue weighted by molar-refractivity contribution is -0.127. The highest BCUT2D eigenvalue weighted by Crippen LogP contribution is 2.32. The number of hydrogen-bond donors (Lipinski definition) is 2. The molecule has 1 aliphatic rings. The Labute approximate surface area is 153 Å². The summed E-state index contributed by atoms with van der Waals surface area (Å²) in [5.74, 6) is -0.540. The molecule has 0 unspecified atom stereocenters. The van der Waals surface area contributed by atoms with E-state index in [1.54, 1.807) is 24.1 Å². The number of carbonyl (C=O) groups is 2. The van der Waals surface area contributed by atoms with Crippen LogP contribution in [0.5, 0.6) is 0 Å². The van der Waals surface area contributed by atoms with Crippen LogP contribution in [0.25, 0.3) is 0 Å². The van der Waals surface area contributed by atoms with E-state index in [1.807, 2.05) is 6.92 Å². The second-order valence-corrected chi connectivity index (χ2v) is 7.89. The van der Waals surface area contributed by atoms with Crippen LogP contribution < -0.4 is 5.32 Å². The summed E-state index contributed by atoms with van der Waals surface area (Å²) in [6.07, 6.45) is 0.445. The highest BCUT2D eigenvalue weighted by molar-refractivity contribution is 7.73. The monoisotopic (exact) mass is 379 g/mol. The van der Waals surface area contributed by atoms with Crippen molar-refractivity contribution in [2.24, 2.45) is 0 Å². The number of carbonyl (C=O) groups excluding carboxylic acids is 2. The molecule has 25 heavy (non-hydrogen) atoms. The number of hydrogen-bond acceptors (Lipinski definition) is 4. The van der Waals surface area contributed by atoms with Gasteiger partial charge in [0, 0.05) is 24.0 Å². The standard InChI is InChI=1S/C17H18FN3O2S2/c1-9-13(25-17(24)19-9)8-14(22)20-12-7-15(23)21(2)16(12)10-3-5-11(18)6-4-10/h3-6,12,16H,7-8H2,1-2H3,(H,19,24)(H,20,22)/t12-,16-/m0/s1. The lowest BCUT2D eigenvalue weighted by Crippen LogP contribution is -2.39. The molecule has 2 N–H and O–H groups in total. The summed E-state index contributed by atoms with van der Waals surface area (Å²) in [5.41, 5.74) is 1.69. The molecule has 2 amide bonds. The van der Waals surface area contributed by atoms with Gasteiger partial charge in [-0.05, 0) is 36.8 Å². The molecule has 0 aliphatic carbocycles. The fourth-order valence-corrected chi connectivity index (χ4v) is 4.41. The third-order valence-electron chi connectivity index (χ3n) is 4.39. The SMILES string of the molecule is Cc1[nH]c(=S)sc1CC(=O)N[C@H]1CC(=O)N(C)[C@H]1c1ccc(F)cc1. The Balaban J connectivity index is 1.76. The van der Waals surface area contributed by atoms with E-state index in [9.17, 15) is 14.0 Å². The van der Waals surface area contributed by atoms with E-state index in [2.05, 4.69) is 10.3 Å². The number of amides is 2. The Kier molecular flexibility index (Phi) is 5.01. The number of likely N-dealkylation sites (N-methyl/N-ethyl adjacent to an activating group) is 1. The van der Waals surface area contributed by atoms with Crippen LogP contribution >= 0.6 is 23.6 Å². The topological polar surface area (TPSA) is 65.2 Å². The van der Waals surface area contributed by atoms with E-state index in [0.29, 0.717) is 3.95 Å². The van der Waals surface area contributed by atoms with Crippen molar-refractivity contribution in [1.82, 2.24) is 15.2 Å². The molecule has 2 aromatic rings. The van der Waals surface area contributed by atoms with Crippen LogP contribution in [-0.2, 0) is 16.0 Å². The van der Waals surface area contributed by atoms with Crippen molar-refractivity contribution in [2.75, 3.05) is 7.05 Å². The van der Waals surface area contributed by atoms with Crippen LogP contribution in [0.3, 0.4) is 0 Å². The third kappa shape index (κ3) is 3.80. The molecule has 1 fully saturated rings. The van der Waals surface area contributed by atoms with Crippen molar-refractivity contribution in [3.05, 3.63) is 50.2 Å². The van der Waals surface area contributed by atoms with Gasteiger partial charge in [0.1, 0.15) is 5.82 Å². The maximum absolute atomic E-state index is 13.2. The first-order chi connectivity index (χ1) is 11.8. The largest absolute Gasteiger partial charge is 0.350 e. The van der Waals surface area contributed by atoms with E-state index in [-0.39, 0.29) is 42.6 Å². The lowest BCUT2D eigenvalue weighted by Gasteiger charge is -2.26. The summed E-state index contributed by atoms with van der Waals surface area (Å²) in [7, 11) is 1.70. The number of H-pyrrole nitrogens is 1. The molecule has 5 nitrogen and oxygen atoms in total. The number of nitrogens with one attached hydrogen (secondary N) is 2. The molecule has 2 atom stereocenters. The van der Waals surface area contributed by atoms with E-state index in [1.165, 1.54) is 23.5 Å². The number of likely N-dealkylation sites (tertiary alicyclic amines) is 1. The maximum atomic E-state index is 13.2. The fraction of sp³-hybridized carbons (Fsp3) is 0.353. The van der Waals surface area contributed by atoms with Crippen molar-refractivity contribution >= 4 is 35.4 Å². The van der Waals surface area contributed by atoms with Gasteiger partial charge in [-0.25, -0.2) is 4.39 Å². The predicted octanol–water partition coefficient (Wildman–Crippen LogP) is 2.88. The maximum Gasteiger partial charge on any atom is 0.225 e. The second kappa shape index (κ2) is 7.05. The number of aromatic amines is 1. The van der Waals surface area contributed by atoms with Crippen LogP contribution in [0.4, 0.5) is 4.39 Å². The molecule has 1 aromatic heterocycles. The zero-order valence-electron chi connectivity index (χ0n) is 13.8. The minimum atomic E-state index is -0.345. The second-order valence-electron chi connectivity index (χ2n) is 6.12. The number of halogens is 1. The number of aromatic nitrogens is 1. The molecule has 132 valence electrons. The van der Waals surface area contributed by atoms with Gasteiger partial charge in [0.15, 0.2) is 3.95 Å². The van der Waals surface area contributed by atoms with Crippen LogP contribution in [-0.4, -0.2) is 34.8 Å². The molecular formula is C17H18FN3O2S2. The smallest absolute Gasteiger partial charge is 0.225 e. The Bertz CT molecular complexity index is 860. The summed E-state index contributed by atoms with van der Waals surface area (Å²) < 4.78 is 13.8. The van der Waals surface area contributed by atoms with Gasteiger partial charge in [0.05, 0.1) is 18.5 Å². The quantitative estimate of drug-likeness (QED) is 0.803. The first kappa shape index (κ1) is 17.8. The molecule has 0 spiro atoms. The van der Waals surface area contributed by atoms with Gasteiger partial charge in [-0.1, -0.05) is 12.1 Å². The van der Waals surface area contributed by atoms with Crippen molar-refractivity contribution in [3.8, 4) is 0 Å². The Morgan fingerprint density at radius 1 is 1.44 bits per heavy atom. The highest BCUT2D eigenvalue weighted by Gasteiger charge is 2.39. The average molecular weight is 379 g/mol. The van der Waals surface area contributed by atoms with Gasteiger partial charge in [0.2, 0.25) is 11.8 Å². The van der Waals surface area contributed by atoms with E-state index >= 15 is 0 Å².